The van der Waals surface area contributed by atoms with Crippen molar-refractivity contribution in [1.29, 1.82) is 0 Å². The summed E-state index contributed by atoms with van der Waals surface area (Å²) in [6.45, 7) is 11.4. The Morgan fingerprint density at radius 3 is 2.70 bits per heavy atom. The molecule has 0 N–H and O–H groups in total. The van der Waals surface area contributed by atoms with E-state index in [0.717, 1.165) is 25.9 Å². The lowest BCUT2D eigenvalue weighted by atomic mass is 10.1. The lowest BCUT2D eigenvalue weighted by molar-refractivity contribution is -0.160. The number of carbonyl (C=O) groups excluding carboxylic acids is 1. The Labute approximate surface area is 123 Å². The maximum absolute atomic E-state index is 12.3. The van der Waals surface area contributed by atoms with Gasteiger partial charge in [-0.05, 0) is 47.0 Å². The Morgan fingerprint density at radius 1 is 1.45 bits per heavy atom. The van der Waals surface area contributed by atoms with Gasteiger partial charge in [-0.25, -0.2) is 0 Å². The van der Waals surface area contributed by atoms with Crippen LogP contribution in [0.1, 0.15) is 47.5 Å². The zero-order valence-corrected chi connectivity index (χ0v) is 13.4. The molecule has 0 aromatic carbocycles. The second kappa shape index (κ2) is 7.50. The molecule has 20 heavy (non-hydrogen) atoms. The predicted molar refractivity (Wildman–Crippen MR) is 82.2 cm³/mol. The summed E-state index contributed by atoms with van der Waals surface area (Å²) in [5.41, 5.74) is -0.426. The molecule has 1 rings (SSSR count). The van der Waals surface area contributed by atoms with Crippen LogP contribution in [0, 0.1) is 17.8 Å². The average Bonchev–Trinajstić information content (AvgIpc) is 2.71. The van der Waals surface area contributed by atoms with Gasteiger partial charge < -0.3 is 4.74 Å². The van der Waals surface area contributed by atoms with E-state index in [1.54, 1.807) is 0 Å². The summed E-state index contributed by atoms with van der Waals surface area (Å²) in [4.78, 5) is 14.5. The Kier molecular flexibility index (Phi) is 6.29. The zero-order chi connectivity index (χ0) is 15.2. The molecule has 2 atom stereocenters. The van der Waals surface area contributed by atoms with Gasteiger partial charge in [-0.3, -0.25) is 9.69 Å². The third-order valence-corrected chi connectivity index (χ3v) is 3.28. The van der Waals surface area contributed by atoms with Crippen molar-refractivity contribution in [3.63, 3.8) is 0 Å². The quantitative estimate of drug-likeness (QED) is 0.449. The number of carbonyl (C=O) groups is 1. The van der Waals surface area contributed by atoms with Gasteiger partial charge in [0.25, 0.3) is 0 Å². The zero-order valence-electron chi connectivity index (χ0n) is 13.4. The van der Waals surface area contributed by atoms with Crippen molar-refractivity contribution in [2.24, 2.45) is 5.92 Å². The molecule has 112 valence electrons. The summed E-state index contributed by atoms with van der Waals surface area (Å²) in [6, 6.07) is -0.130. The van der Waals surface area contributed by atoms with Crippen molar-refractivity contribution in [2.45, 2.75) is 59.1 Å². The molecule has 3 heteroatoms. The lowest BCUT2D eigenvalue weighted by Crippen LogP contribution is -2.40. The molecule has 2 unspecified atom stereocenters. The number of esters is 1. The van der Waals surface area contributed by atoms with E-state index in [4.69, 9.17) is 4.74 Å². The van der Waals surface area contributed by atoms with Gasteiger partial charge in [0.15, 0.2) is 0 Å². The highest BCUT2D eigenvalue weighted by atomic mass is 16.6. The van der Waals surface area contributed by atoms with Crippen LogP contribution in [0.2, 0.25) is 0 Å². The van der Waals surface area contributed by atoms with Crippen LogP contribution in [0.3, 0.4) is 0 Å². The summed E-state index contributed by atoms with van der Waals surface area (Å²) in [6.07, 6.45) is 5.90. The van der Waals surface area contributed by atoms with Crippen LogP contribution in [-0.4, -0.2) is 35.6 Å². The van der Waals surface area contributed by atoms with E-state index in [-0.39, 0.29) is 12.0 Å². The molecule has 0 saturated carbocycles. The Hall–Kier alpha value is -1.27. The molecule has 3 nitrogen and oxygen atoms in total. The minimum atomic E-state index is -0.426. The molecule has 1 heterocycles. The van der Waals surface area contributed by atoms with Gasteiger partial charge in [-0.2, -0.15) is 0 Å². The van der Waals surface area contributed by atoms with Crippen molar-refractivity contribution in [3.05, 3.63) is 12.2 Å². The molecule has 0 spiro atoms. The number of hydrogen-bond donors (Lipinski definition) is 0. The van der Waals surface area contributed by atoms with E-state index in [1.807, 2.05) is 34.6 Å². The Bertz CT molecular complexity index is 409. The standard InChI is InChI=1S/C17H27NO2/c1-6-8-9-11-18-13-14(10-7-2)12-15(18)16(19)20-17(3,4)5/h7,10,14-15H,9,11-13H2,1-5H3/b10-7-. The molecule has 0 radical (unpaired) electrons. The number of allylic oxidation sites excluding steroid dienone is 1. The van der Waals surface area contributed by atoms with Crippen molar-refractivity contribution in [1.82, 2.24) is 4.90 Å². The fourth-order valence-electron chi connectivity index (χ4n) is 2.54. The highest BCUT2D eigenvalue weighted by Crippen LogP contribution is 2.26. The highest BCUT2D eigenvalue weighted by molar-refractivity contribution is 5.76. The fraction of sp³-hybridized carbons (Fsp3) is 0.706. The average molecular weight is 277 g/mol. The van der Waals surface area contributed by atoms with Crippen LogP contribution in [0.15, 0.2) is 12.2 Å². The maximum Gasteiger partial charge on any atom is 0.323 e. The maximum atomic E-state index is 12.3. The molecule has 0 aromatic rings. The van der Waals surface area contributed by atoms with E-state index in [9.17, 15) is 4.79 Å². The third-order valence-electron chi connectivity index (χ3n) is 3.28. The minimum Gasteiger partial charge on any atom is -0.459 e. The second-order valence-corrected chi connectivity index (χ2v) is 6.24. The smallest absolute Gasteiger partial charge is 0.323 e. The van der Waals surface area contributed by atoms with Gasteiger partial charge in [0.1, 0.15) is 11.6 Å². The number of likely N-dealkylation sites (tertiary alicyclic amines) is 1. The van der Waals surface area contributed by atoms with Crippen molar-refractivity contribution in [2.75, 3.05) is 13.1 Å². The number of ether oxygens (including phenoxy) is 1. The lowest BCUT2D eigenvalue weighted by Gasteiger charge is -2.26. The minimum absolute atomic E-state index is 0.103. The summed E-state index contributed by atoms with van der Waals surface area (Å²) in [5, 5.41) is 0. The van der Waals surface area contributed by atoms with Crippen molar-refractivity contribution < 1.29 is 9.53 Å². The first kappa shape index (κ1) is 16.8. The molecule has 1 fully saturated rings. The largest absolute Gasteiger partial charge is 0.459 e. The van der Waals surface area contributed by atoms with Gasteiger partial charge in [-0.15, -0.1) is 11.8 Å². The SMILES string of the molecule is CC#CCCN1CC(/C=C\C)CC1C(=O)OC(C)(C)C. The van der Waals surface area contributed by atoms with Crippen LogP contribution in [0.25, 0.3) is 0 Å². The molecule has 0 amide bonds. The molecule has 1 aliphatic rings. The normalized spacial score (nSPS) is 23.6. The molecular formula is C17H27NO2. The molecule has 0 aliphatic carbocycles. The van der Waals surface area contributed by atoms with E-state index in [0.29, 0.717) is 5.92 Å². The summed E-state index contributed by atoms with van der Waals surface area (Å²) in [5.74, 6) is 6.31. The number of nitrogens with zero attached hydrogens (tertiary/aromatic N) is 1. The van der Waals surface area contributed by atoms with Gasteiger partial charge in [0.05, 0.1) is 0 Å². The van der Waals surface area contributed by atoms with Crippen LogP contribution in [0.5, 0.6) is 0 Å². The topological polar surface area (TPSA) is 29.5 Å². The van der Waals surface area contributed by atoms with E-state index in [1.165, 1.54) is 0 Å². The summed E-state index contributed by atoms with van der Waals surface area (Å²) < 4.78 is 5.54. The van der Waals surface area contributed by atoms with Crippen LogP contribution in [-0.2, 0) is 9.53 Å². The molecule has 1 saturated heterocycles. The van der Waals surface area contributed by atoms with E-state index >= 15 is 0 Å². The van der Waals surface area contributed by atoms with E-state index < -0.39 is 5.60 Å². The molecule has 0 aromatic heterocycles. The Balaban J connectivity index is 2.71. The fourth-order valence-corrected chi connectivity index (χ4v) is 2.54. The molecule has 0 bridgehead atoms. The van der Waals surface area contributed by atoms with Gasteiger partial charge in [-0.1, -0.05) is 12.2 Å². The summed E-state index contributed by atoms with van der Waals surface area (Å²) in [7, 11) is 0. The molecule has 1 aliphatic heterocycles. The Morgan fingerprint density at radius 2 is 2.15 bits per heavy atom. The molecular weight excluding hydrogens is 250 g/mol. The number of hydrogen-bond acceptors (Lipinski definition) is 3. The van der Waals surface area contributed by atoms with Crippen LogP contribution >= 0.6 is 0 Å². The van der Waals surface area contributed by atoms with Crippen molar-refractivity contribution in [3.8, 4) is 11.8 Å². The highest BCUT2D eigenvalue weighted by Gasteiger charge is 2.37. The first-order chi connectivity index (χ1) is 9.37. The summed E-state index contributed by atoms with van der Waals surface area (Å²) >= 11 is 0. The first-order valence-electron chi connectivity index (χ1n) is 7.36. The third kappa shape index (κ3) is 5.38. The van der Waals surface area contributed by atoms with Gasteiger partial charge >= 0.3 is 5.97 Å². The van der Waals surface area contributed by atoms with Crippen molar-refractivity contribution >= 4 is 5.97 Å². The second-order valence-electron chi connectivity index (χ2n) is 6.24. The van der Waals surface area contributed by atoms with Crippen LogP contribution in [0.4, 0.5) is 0 Å². The first-order valence-corrected chi connectivity index (χ1v) is 7.36. The number of rotatable bonds is 4. The van der Waals surface area contributed by atoms with Gasteiger partial charge in [0.2, 0.25) is 0 Å². The monoisotopic (exact) mass is 277 g/mol. The van der Waals surface area contributed by atoms with E-state index in [2.05, 4.69) is 28.9 Å². The van der Waals surface area contributed by atoms with Crippen LogP contribution < -0.4 is 0 Å². The van der Waals surface area contributed by atoms with Gasteiger partial charge in [0, 0.05) is 19.5 Å². The predicted octanol–water partition coefficient (Wildman–Crippen LogP) is 3.01.